The Morgan fingerprint density at radius 2 is 1.17 bits per heavy atom. The number of benzene rings is 1. The predicted molar refractivity (Wildman–Crippen MR) is 78.4 cm³/mol. The first-order chi connectivity index (χ1) is 11.1. The molecule has 0 bridgehead atoms. The van der Waals surface area contributed by atoms with E-state index in [4.69, 9.17) is 0 Å². The van der Waals surface area contributed by atoms with Gasteiger partial charge >= 0.3 is 17.9 Å². The highest BCUT2D eigenvalue weighted by Gasteiger charge is 2.37. The van der Waals surface area contributed by atoms with Crippen LogP contribution in [0.2, 0.25) is 0 Å². The van der Waals surface area contributed by atoms with E-state index in [0.29, 0.717) is 4.90 Å². The Morgan fingerprint density at radius 3 is 1.54 bits per heavy atom. The van der Waals surface area contributed by atoms with Crippen LogP contribution < -0.4 is 4.90 Å². The molecule has 0 unspecified atom stereocenters. The van der Waals surface area contributed by atoms with Gasteiger partial charge in [0.1, 0.15) is 0 Å². The molecule has 0 spiro atoms. The molecule has 1 aliphatic heterocycles. The van der Waals surface area contributed by atoms with Crippen molar-refractivity contribution in [2.24, 2.45) is 0 Å². The van der Waals surface area contributed by atoms with Crippen LogP contribution in [0, 0.1) is 13.8 Å². The molecule has 0 radical (unpaired) electrons. The zero-order valence-electron chi connectivity index (χ0n) is 12.5. The minimum absolute atomic E-state index is 0.187. The summed E-state index contributed by atoms with van der Waals surface area (Å²) in [7, 11) is 0. The standard InChI is InChI=1S/C15H11NO8/c1-5-9(13(19)20)6(2)12(16-7(17)3-4-8(16)18)11(15(23)24)10(5)14(21)22/h3-4H,1-2H3,(H,19,20)(H,21,22)(H,23,24). The largest absolute Gasteiger partial charge is 0.478 e. The molecule has 9 nitrogen and oxygen atoms in total. The van der Waals surface area contributed by atoms with Crippen molar-refractivity contribution in [3.8, 4) is 0 Å². The summed E-state index contributed by atoms with van der Waals surface area (Å²) >= 11 is 0. The molecule has 0 aromatic heterocycles. The van der Waals surface area contributed by atoms with Crippen LogP contribution in [-0.4, -0.2) is 45.0 Å². The highest BCUT2D eigenvalue weighted by atomic mass is 16.4. The second-order valence-corrected chi connectivity index (χ2v) is 4.98. The molecular weight excluding hydrogens is 322 g/mol. The molecule has 0 fully saturated rings. The van der Waals surface area contributed by atoms with Gasteiger partial charge in [0.15, 0.2) is 0 Å². The first-order valence-corrected chi connectivity index (χ1v) is 6.52. The molecule has 1 aromatic carbocycles. The number of hydrogen-bond donors (Lipinski definition) is 3. The molecule has 1 aromatic rings. The van der Waals surface area contributed by atoms with Crippen LogP contribution in [-0.2, 0) is 9.59 Å². The number of amides is 2. The first kappa shape index (κ1) is 16.9. The molecule has 0 saturated carbocycles. The molecule has 124 valence electrons. The first-order valence-electron chi connectivity index (χ1n) is 6.52. The fourth-order valence-corrected chi connectivity index (χ4v) is 2.71. The van der Waals surface area contributed by atoms with Crippen molar-refractivity contribution in [2.75, 3.05) is 4.90 Å². The number of rotatable bonds is 4. The van der Waals surface area contributed by atoms with Crippen molar-refractivity contribution in [1.29, 1.82) is 0 Å². The topological polar surface area (TPSA) is 149 Å². The van der Waals surface area contributed by atoms with E-state index >= 15 is 0 Å². The number of nitrogens with zero attached hydrogens (tertiary/aromatic N) is 1. The molecule has 24 heavy (non-hydrogen) atoms. The summed E-state index contributed by atoms with van der Waals surface area (Å²) in [6.07, 6.45) is 1.77. The maximum Gasteiger partial charge on any atom is 0.338 e. The van der Waals surface area contributed by atoms with Crippen molar-refractivity contribution in [3.05, 3.63) is 40.0 Å². The maximum absolute atomic E-state index is 11.9. The van der Waals surface area contributed by atoms with Gasteiger partial charge in [-0.15, -0.1) is 0 Å². The lowest BCUT2D eigenvalue weighted by atomic mass is 9.89. The van der Waals surface area contributed by atoms with Crippen LogP contribution in [0.4, 0.5) is 5.69 Å². The van der Waals surface area contributed by atoms with Gasteiger partial charge in [-0.2, -0.15) is 0 Å². The SMILES string of the molecule is Cc1c(C(=O)O)c(C)c(N2C(=O)C=CC2=O)c(C(=O)O)c1C(=O)O. The van der Waals surface area contributed by atoms with Crippen molar-refractivity contribution in [3.63, 3.8) is 0 Å². The van der Waals surface area contributed by atoms with Gasteiger partial charge in [0.05, 0.1) is 22.4 Å². The molecule has 2 amide bonds. The van der Waals surface area contributed by atoms with Crippen LogP contribution in [0.5, 0.6) is 0 Å². The Bertz CT molecular complexity index is 847. The number of imide groups is 1. The monoisotopic (exact) mass is 333 g/mol. The van der Waals surface area contributed by atoms with Gasteiger partial charge in [-0.05, 0) is 25.0 Å². The van der Waals surface area contributed by atoms with Crippen molar-refractivity contribution < 1.29 is 39.3 Å². The van der Waals surface area contributed by atoms with Crippen LogP contribution in [0.15, 0.2) is 12.2 Å². The zero-order chi connectivity index (χ0) is 18.3. The Morgan fingerprint density at radius 1 is 0.750 bits per heavy atom. The minimum atomic E-state index is -1.70. The molecular formula is C15H11NO8. The van der Waals surface area contributed by atoms with Gasteiger partial charge in [0, 0.05) is 12.2 Å². The van der Waals surface area contributed by atoms with E-state index in [9.17, 15) is 39.3 Å². The van der Waals surface area contributed by atoms with Crippen LogP contribution in [0.1, 0.15) is 42.2 Å². The van der Waals surface area contributed by atoms with E-state index in [1.807, 2.05) is 0 Å². The average Bonchev–Trinajstić information content (AvgIpc) is 2.77. The van der Waals surface area contributed by atoms with Gasteiger partial charge in [0.2, 0.25) is 0 Å². The van der Waals surface area contributed by atoms with E-state index in [-0.39, 0.29) is 11.1 Å². The summed E-state index contributed by atoms with van der Waals surface area (Å²) in [4.78, 5) is 58.8. The predicted octanol–water partition coefficient (Wildman–Crippen LogP) is 0.827. The van der Waals surface area contributed by atoms with E-state index in [2.05, 4.69) is 0 Å². The zero-order valence-corrected chi connectivity index (χ0v) is 12.5. The summed E-state index contributed by atoms with van der Waals surface area (Å²) in [5, 5.41) is 28.1. The maximum atomic E-state index is 11.9. The third kappa shape index (κ3) is 2.32. The summed E-state index contributed by atoms with van der Waals surface area (Å²) in [5.41, 5.74) is -3.09. The highest BCUT2D eigenvalue weighted by Crippen LogP contribution is 2.36. The number of hydrogen-bond acceptors (Lipinski definition) is 5. The second kappa shape index (κ2) is 5.61. The quantitative estimate of drug-likeness (QED) is 0.686. The molecule has 1 heterocycles. The van der Waals surface area contributed by atoms with Gasteiger partial charge in [-0.1, -0.05) is 0 Å². The smallest absolute Gasteiger partial charge is 0.338 e. The number of carboxylic acid groups (broad SMARTS) is 3. The van der Waals surface area contributed by atoms with Gasteiger partial charge < -0.3 is 15.3 Å². The Balaban J connectivity index is 3.04. The summed E-state index contributed by atoms with van der Waals surface area (Å²) < 4.78 is 0. The number of carboxylic acids is 3. The van der Waals surface area contributed by atoms with Crippen molar-refractivity contribution in [1.82, 2.24) is 0 Å². The summed E-state index contributed by atoms with van der Waals surface area (Å²) in [6, 6.07) is 0. The highest BCUT2D eigenvalue weighted by molar-refractivity contribution is 6.30. The molecule has 2 rings (SSSR count). The van der Waals surface area contributed by atoms with Gasteiger partial charge in [-0.25, -0.2) is 19.3 Å². The molecule has 0 saturated heterocycles. The van der Waals surface area contributed by atoms with Crippen LogP contribution in [0.3, 0.4) is 0 Å². The molecule has 3 N–H and O–H groups in total. The van der Waals surface area contributed by atoms with E-state index in [0.717, 1.165) is 19.1 Å². The Labute approximate surface area is 134 Å². The van der Waals surface area contributed by atoms with Crippen molar-refractivity contribution >= 4 is 35.4 Å². The van der Waals surface area contributed by atoms with Gasteiger partial charge in [0.25, 0.3) is 11.8 Å². The number of anilines is 1. The average molecular weight is 333 g/mol. The molecule has 1 aliphatic rings. The van der Waals surface area contributed by atoms with Crippen LogP contribution in [0.25, 0.3) is 0 Å². The lowest BCUT2D eigenvalue weighted by molar-refractivity contribution is -0.120. The number of carbonyl (C=O) groups excluding carboxylic acids is 2. The van der Waals surface area contributed by atoms with E-state index in [1.165, 1.54) is 6.92 Å². The number of aromatic carboxylic acids is 3. The molecule has 9 heteroatoms. The second-order valence-electron chi connectivity index (χ2n) is 4.98. The lowest BCUT2D eigenvalue weighted by Crippen LogP contribution is -2.33. The molecule has 0 atom stereocenters. The Hall–Kier alpha value is -3.49. The van der Waals surface area contributed by atoms with Crippen molar-refractivity contribution in [2.45, 2.75) is 13.8 Å². The third-order valence-electron chi connectivity index (χ3n) is 3.64. The van der Waals surface area contributed by atoms with E-state index < -0.39 is 52.1 Å². The summed E-state index contributed by atoms with van der Waals surface area (Å²) in [5.74, 6) is -6.65. The third-order valence-corrected chi connectivity index (χ3v) is 3.64. The summed E-state index contributed by atoms with van der Waals surface area (Å²) in [6.45, 7) is 2.37. The lowest BCUT2D eigenvalue weighted by Gasteiger charge is -2.23. The number of carbonyl (C=O) groups is 5. The van der Waals surface area contributed by atoms with E-state index in [1.54, 1.807) is 0 Å². The normalized spacial score (nSPS) is 13.5. The van der Waals surface area contributed by atoms with Gasteiger partial charge in [-0.3, -0.25) is 9.59 Å². The fraction of sp³-hybridized carbons (Fsp3) is 0.133. The van der Waals surface area contributed by atoms with Crippen LogP contribution >= 0.6 is 0 Å². The fourth-order valence-electron chi connectivity index (χ4n) is 2.71. The Kier molecular flexibility index (Phi) is 3.95. The minimum Gasteiger partial charge on any atom is -0.478 e. The molecule has 0 aliphatic carbocycles.